The van der Waals surface area contributed by atoms with Crippen molar-refractivity contribution in [1.29, 1.82) is 0 Å². The number of alkyl halides is 3. The molecule has 0 radical (unpaired) electrons. The van der Waals surface area contributed by atoms with E-state index in [9.17, 15) is 22.8 Å². The van der Waals surface area contributed by atoms with Crippen LogP contribution in [0.3, 0.4) is 0 Å². The average molecular weight is 513 g/mol. The highest BCUT2D eigenvalue weighted by molar-refractivity contribution is 6.04. The number of hydrogen-bond donors (Lipinski definition) is 2. The molecule has 2 aromatic carbocycles. The minimum atomic E-state index is -4.54. The molecular weight excluding hydrogens is 485 g/mol. The maximum absolute atomic E-state index is 12.9. The molecule has 1 heterocycles. The lowest BCUT2D eigenvalue weighted by atomic mass is 10.1. The highest BCUT2D eigenvalue weighted by Gasteiger charge is 2.30. The Morgan fingerprint density at radius 2 is 1.81 bits per heavy atom. The van der Waals surface area contributed by atoms with Crippen LogP contribution in [0.4, 0.5) is 18.9 Å². The Morgan fingerprint density at radius 1 is 1.08 bits per heavy atom. The highest BCUT2D eigenvalue weighted by atomic mass is 19.4. The fourth-order valence-electron chi connectivity index (χ4n) is 3.38. The molecule has 10 heteroatoms. The van der Waals surface area contributed by atoms with E-state index in [1.165, 1.54) is 24.3 Å². The van der Waals surface area contributed by atoms with Gasteiger partial charge in [0.05, 0.1) is 18.8 Å². The minimum absolute atomic E-state index is 0.119. The Morgan fingerprint density at radius 3 is 2.54 bits per heavy atom. The number of morpholine rings is 1. The van der Waals surface area contributed by atoms with Gasteiger partial charge in [-0.2, -0.15) is 13.2 Å². The predicted molar refractivity (Wildman–Crippen MR) is 137 cm³/mol. The number of halogens is 3. The molecule has 0 saturated carbocycles. The van der Waals surface area contributed by atoms with Crippen LogP contribution in [0.2, 0.25) is 0 Å². The van der Waals surface area contributed by atoms with Gasteiger partial charge in [0.1, 0.15) is 5.84 Å². The number of aliphatic imine (C=N–C) groups is 1. The van der Waals surface area contributed by atoms with E-state index < -0.39 is 23.6 Å². The molecule has 1 aliphatic heterocycles. The van der Waals surface area contributed by atoms with Gasteiger partial charge in [0, 0.05) is 42.3 Å². The first-order chi connectivity index (χ1) is 17.6. The van der Waals surface area contributed by atoms with Crippen LogP contribution in [0.25, 0.3) is 6.08 Å². The van der Waals surface area contributed by atoms with Gasteiger partial charge in [0.15, 0.2) is 0 Å². The summed E-state index contributed by atoms with van der Waals surface area (Å²) < 4.78 is 44.0. The van der Waals surface area contributed by atoms with Crippen molar-refractivity contribution < 1.29 is 27.5 Å². The van der Waals surface area contributed by atoms with Crippen LogP contribution in [-0.2, 0) is 15.7 Å². The number of hydrogen-bond acceptors (Lipinski definition) is 4. The predicted octanol–water partition coefficient (Wildman–Crippen LogP) is 4.87. The third kappa shape index (κ3) is 8.76. The van der Waals surface area contributed by atoms with Gasteiger partial charge >= 0.3 is 6.18 Å². The summed E-state index contributed by atoms with van der Waals surface area (Å²) in [6.45, 7) is 8.57. The monoisotopic (exact) mass is 512 g/mol. The van der Waals surface area contributed by atoms with E-state index in [1.807, 2.05) is 6.92 Å². The molecule has 1 aliphatic rings. The van der Waals surface area contributed by atoms with E-state index in [-0.39, 0.29) is 5.56 Å². The molecule has 1 saturated heterocycles. The number of amidine groups is 1. The minimum Gasteiger partial charge on any atom is -0.378 e. The van der Waals surface area contributed by atoms with Gasteiger partial charge < -0.3 is 20.3 Å². The van der Waals surface area contributed by atoms with Crippen LogP contribution in [0.5, 0.6) is 0 Å². The maximum Gasteiger partial charge on any atom is 0.416 e. The van der Waals surface area contributed by atoms with E-state index >= 15 is 0 Å². The molecule has 0 atom stereocenters. The number of anilines is 1. The van der Waals surface area contributed by atoms with Gasteiger partial charge in [-0.1, -0.05) is 24.8 Å². The molecule has 0 spiro atoms. The molecule has 7 nitrogen and oxygen atoms in total. The average Bonchev–Trinajstić information content (AvgIpc) is 2.87. The van der Waals surface area contributed by atoms with E-state index in [0.717, 1.165) is 31.1 Å². The van der Waals surface area contributed by atoms with Crippen LogP contribution in [0, 0.1) is 0 Å². The Balaban J connectivity index is 1.54. The van der Waals surface area contributed by atoms with E-state index in [2.05, 4.69) is 27.1 Å². The summed E-state index contributed by atoms with van der Waals surface area (Å²) in [5.41, 5.74) is 0.300. The number of rotatable bonds is 7. The van der Waals surface area contributed by atoms with Crippen LogP contribution in [0.1, 0.15) is 28.4 Å². The number of carbonyl (C=O) groups excluding carboxylic acids is 2. The van der Waals surface area contributed by atoms with Crippen molar-refractivity contribution in [3.8, 4) is 0 Å². The topological polar surface area (TPSA) is 83.0 Å². The van der Waals surface area contributed by atoms with Crippen molar-refractivity contribution in [2.24, 2.45) is 4.99 Å². The Labute approximate surface area is 213 Å². The number of ether oxygens (including phenoxy) is 1. The number of nitrogens with one attached hydrogen (secondary N) is 2. The van der Waals surface area contributed by atoms with Gasteiger partial charge in [-0.25, -0.2) is 4.99 Å². The van der Waals surface area contributed by atoms with Crippen molar-refractivity contribution in [3.63, 3.8) is 0 Å². The smallest absolute Gasteiger partial charge is 0.378 e. The second-order valence-electron chi connectivity index (χ2n) is 8.10. The summed E-state index contributed by atoms with van der Waals surface area (Å²) in [6, 6.07) is 10.7. The zero-order chi connectivity index (χ0) is 26.8. The van der Waals surface area contributed by atoms with Crippen molar-refractivity contribution in [3.05, 3.63) is 95.8 Å². The summed E-state index contributed by atoms with van der Waals surface area (Å²) in [7, 11) is 0. The Bertz CT molecular complexity index is 1230. The first-order valence-electron chi connectivity index (χ1n) is 11.4. The summed E-state index contributed by atoms with van der Waals surface area (Å²) in [5.74, 6) is -0.250. The van der Waals surface area contributed by atoms with Crippen molar-refractivity contribution in [1.82, 2.24) is 10.2 Å². The zero-order valence-electron chi connectivity index (χ0n) is 20.2. The number of carbonyl (C=O) groups is 2. The lowest BCUT2D eigenvalue weighted by Gasteiger charge is -2.27. The van der Waals surface area contributed by atoms with Crippen LogP contribution in [0.15, 0.2) is 84.2 Å². The molecule has 37 heavy (non-hydrogen) atoms. The summed E-state index contributed by atoms with van der Waals surface area (Å²) >= 11 is 0. The zero-order valence-corrected chi connectivity index (χ0v) is 20.2. The summed E-state index contributed by atoms with van der Waals surface area (Å²) in [6.07, 6.45) is 1.44. The summed E-state index contributed by atoms with van der Waals surface area (Å²) in [5, 5.41) is 5.18. The normalized spacial score (nSPS) is 14.7. The van der Waals surface area contributed by atoms with Gasteiger partial charge in [-0.3, -0.25) is 9.59 Å². The molecule has 1 fully saturated rings. The molecule has 0 bridgehead atoms. The van der Waals surface area contributed by atoms with Crippen molar-refractivity contribution >= 4 is 29.4 Å². The van der Waals surface area contributed by atoms with Crippen LogP contribution in [-0.4, -0.2) is 48.9 Å². The highest BCUT2D eigenvalue weighted by Crippen LogP contribution is 2.29. The Hall–Kier alpha value is -4.18. The van der Waals surface area contributed by atoms with Crippen molar-refractivity contribution in [2.75, 3.05) is 31.6 Å². The fourth-order valence-corrected chi connectivity index (χ4v) is 3.38. The van der Waals surface area contributed by atoms with Crippen LogP contribution < -0.4 is 10.6 Å². The maximum atomic E-state index is 12.9. The number of amides is 2. The van der Waals surface area contributed by atoms with Gasteiger partial charge in [-0.05, 0) is 55.0 Å². The second-order valence-corrected chi connectivity index (χ2v) is 8.10. The molecule has 3 rings (SSSR count). The first-order valence-corrected chi connectivity index (χ1v) is 11.4. The molecule has 2 N–H and O–H groups in total. The molecule has 194 valence electrons. The van der Waals surface area contributed by atoms with Gasteiger partial charge in [0.25, 0.3) is 5.91 Å². The first kappa shape index (κ1) is 27.4. The van der Waals surface area contributed by atoms with E-state index in [1.54, 1.807) is 36.5 Å². The van der Waals surface area contributed by atoms with E-state index in [0.29, 0.717) is 30.2 Å². The number of allylic oxidation sites excluding steroid dienone is 1. The number of nitrogens with zero attached hydrogens (tertiary/aromatic N) is 2. The quantitative estimate of drug-likeness (QED) is 0.240. The summed E-state index contributed by atoms with van der Waals surface area (Å²) in [4.78, 5) is 31.1. The molecule has 0 aromatic heterocycles. The largest absolute Gasteiger partial charge is 0.416 e. The van der Waals surface area contributed by atoms with Crippen LogP contribution >= 0.6 is 0 Å². The Kier molecular flexibility index (Phi) is 9.39. The van der Waals surface area contributed by atoms with E-state index in [4.69, 9.17) is 4.74 Å². The molecule has 2 amide bonds. The third-order valence-electron chi connectivity index (χ3n) is 5.31. The lowest BCUT2D eigenvalue weighted by molar-refractivity contribution is -0.137. The van der Waals surface area contributed by atoms with Crippen molar-refractivity contribution in [2.45, 2.75) is 13.1 Å². The third-order valence-corrected chi connectivity index (χ3v) is 5.31. The molecule has 0 unspecified atom stereocenters. The lowest BCUT2D eigenvalue weighted by Crippen LogP contribution is -2.39. The SMILES string of the molecule is C=C(/C=C\N=C(C)N1CCOCC1)NC(=O)/C=C/c1cccc(NC(=O)c2cccc(C(F)(F)F)c2)c1. The standard InChI is InChI=1S/C27H27F3N4O3/c1-19(11-12-31-20(2)34-13-15-37-16-14-34)32-25(35)10-9-21-5-3-8-24(17-21)33-26(36)22-6-4-7-23(18-22)27(28,29)30/h3-12,17-18H,1,13-16H2,2H3,(H,32,35)(H,33,36)/b10-9+,12-11-,31-20?. The molecular formula is C27H27F3N4O3. The number of benzene rings is 2. The fraction of sp³-hybridized carbons (Fsp3) is 0.222. The molecule has 0 aliphatic carbocycles. The van der Waals surface area contributed by atoms with Gasteiger partial charge in [0.2, 0.25) is 5.91 Å². The van der Waals surface area contributed by atoms with Gasteiger partial charge in [-0.15, -0.1) is 0 Å². The molecule has 2 aromatic rings. The second kappa shape index (κ2) is 12.7.